The van der Waals surface area contributed by atoms with Crippen LogP contribution in [0.25, 0.3) is 0 Å². The molecular formula is C10H18N4O5S2. The van der Waals surface area contributed by atoms with Gasteiger partial charge < -0.3 is 5.11 Å². The molecule has 1 fully saturated rings. The maximum absolute atomic E-state index is 12.4. The second-order valence-corrected chi connectivity index (χ2v) is 8.65. The standard InChI is InChI=1S/C10H18N4O5S2/c1-20(16,17)13-2-4-14(5-3-13)21(18,19)10-8-11-12(9-10)6-7-15/h8-9,15H,2-7H2,1H3. The van der Waals surface area contributed by atoms with Gasteiger partial charge in [-0.05, 0) is 0 Å². The van der Waals surface area contributed by atoms with Crippen LogP contribution in [0.15, 0.2) is 17.3 Å². The molecule has 1 aliphatic rings. The smallest absolute Gasteiger partial charge is 0.246 e. The van der Waals surface area contributed by atoms with Gasteiger partial charge in [-0.2, -0.15) is 13.7 Å². The van der Waals surface area contributed by atoms with Crippen molar-refractivity contribution in [2.75, 3.05) is 39.0 Å². The van der Waals surface area contributed by atoms with Crippen molar-refractivity contribution in [3.05, 3.63) is 12.4 Å². The van der Waals surface area contributed by atoms with Gasteiger partial charge in [0.2, 0.25) is 20.0 Å². The van der Waals surface area contributed by atoms with Gasteiger partial charge in [-0.3, -0.25) is 4.68 Å². The number of aliphatic hydroxyl groups excluding tert-OH is 1. The molecule has 9 nitrogen and oxygen atoms in total. The number of aromatic nitrogens is 2. The Kier molecular flexibility index (Phi) is 4.68. The number of nitrogens with zero attached hydrogens (tertiary/aromatic N) is 4. The minimum atomic E-state index is -3.68. The Labute approximate surface area is 123 Å². The van der Waals surface area contributed by atoms with Crippen molar-refractivity contribution in [1.82, 2.24) is 18.4 Å². The summed E-state index contributed by atoms with van der Waals surface area (Å²) in [6.07, 6.45) is 3.69. The molecule has 0 atom stereocenters. The van der Waals surface area contributed by atoms with Crippen LogP contribution in [0, 0.1) is 0 Å². The van der Waals surface area contributed by atoms with E-state index in [1.54, 1.807) is 0 Å². The summed E-state index contributed by atoms with van der Waals surface area (Å²) in [7, 11) is -6.98. The lowest BCUT2D eigenvalue weighted by Gasteiger charge is -2.32. The lowest BCUT2D eigenvalue weighted by atomic mass is 10.4. The first-order chi connectivity index (χ1) is 9.75. The zero-order valence-electron chi connectivity index (χ0n) is 11.6. The fraction of sp³-hybridized carbons (Fsp3) is 0.700. The molecular weight excluding hydrogens is 320 g/mol. The van der Waals surface area contributed by atoms with Crippen LogP contribution in [0.5, 0.6) is 0 Å². The minimum absolute atomic E-state index is 0.0451. The highest BCUT2D eigenvalue weighted by Crippen LogP contribution is 2.17. The van der Waals surface area contributed by atoms with E-state index < -0.39 is 20.0 Å². The van der Waals surface area contributed by atoms with Crippen molar-refractivity contribution in [3.8, 4) is 0 Å². The van der Waals surface area contributed by atoms with Crippen LogP contribution in [0.3, 0.4) is 0 Å². The van der Waals surface area contributed by atoms with Crippen LogP contribution in [0.1, 0.15) is 0 Å². The Bertz CT molecular complexity index is 689. The van der Waals surface area contributed by atoms with Crippen LogP contribution in [0.4, 0.5) is 0 Å². The first-order valence-corrected chi connectivity index (χ1v) is 9.62. The highest BCUT2D eigenvalue weighted by molar-refractivity contribution is 7.89. The van der Waals surface area contributed by atoms with Gasteiger partial charge in [-0.25, -0.2) is 16.8 Å². The summed E-state index contributed by atoms with van der Waals surface area (Å²) in [6, 6.07) is 0. The molecule has 21 heavy (non-hydrogen) atoms. The van der Waals surface area contributed by atoms with Gasteiger partial charge in [0, 0.05) is 32.4 Å². The fourth-order valence-electron chi connectivity index (χ4n) is 2.09. The Balaban J connectivity index is 2.11. The normalized spacial score (nSPS) is 19.0. The van der Waals surface area contributed by atoms with Crippen LogP contribution in [-0.2, 0) is 26.6 Å². The summed E-state index contributed by atoms with van der Waals surface area (Å²) in [5, 5.41) is 12.7. The average Bonchev–Trinajstić information content (AvgIpc) is 2.88. The Morgan fingerprint density at radius 3 is 2.24 bits per heavy atom. The molecule has 1 aliphatic heterocycles. The summed E-state index contributed by atoms with van der Waals surface area (Å²) in [4.78, 5) is 0.0451. The monoisotopic (exact) mass is 338 g/mol. The van der Waals surface area contributed by atoms with Gasteiger partial charge in [-0.1, -0.05) is 0 Å². The maximum Gasteiger partial charge on any atom is 0.246 e. The van der Waals surface area contributed by atoms with E-state index in [0.717, 1.165) is 6.26 Å². The van der Waals surface area contributed by atoms with Crippen molar-refractivity contribution in [2.45, 2.75) is 11.4 Å². The molecule has 1 N–H and O–H groups in total. The molecule has 0 bridgehead atoms. The molecule has 0 radical (unpaired) electrons. The summed E-state index contributed by atoms with van der Waals surface area (Å²) in [6.45, 7) is 0.596. The maximum atomic E-state index is 12.4. The molecule has 11 heteroatoms. The highest BCUT2D eigenvalue weighted by atomic mass is 32.2. The van der Waals surface area contributed by atoms with Gasteiger partial charge >= 0.3 is 0 Å². The SMILES string of the molecule is CS(=O)(=O)N1CCN(S(=O)(=O)c2cnn(CCO)c2)CC1. The predicted molar refractivity (Wildman–Crippen MR) is 74.5 cm³/mol. The predicted octanol–water partition coefficient (Wildman–Crippen LogP) is -1.86. The zero-order chi connectivity index (χ0) is 15.7. The lowest BCUT2D eigenvalue weighted by molar-refractivity contribution is 0.269. The second kappa shape index (κ2) is 6.01. The third-order valence-electron chi connectivity index (χ3n) is 3.24. The van der Waals surface area contributed by atoms with E-state index in [2.05, 4.69) is 5.10 Å². The summed E-state index contributed by atoms with van der Waals surface area (Å²) < 4.78 is 51.5. The highest BCUT2D eigenvalue weighted by Gasteiger charge is 2.32. The Hall–Kier alpha value is -1.01. The lowest BCUT2D eigenvalue weighted by Crippen LogP contribution is -2.50. The summed E-state index contributed by atoms with van der Waals surface area (Å²) in [5.74, 6) is 0. The molecule has 2 rings (SSSR count). The molecule has 1 aromatic heterocycles. The Morgan fingerprint density at radius 1 is 1.14 bits per heavy atom. The van der Waals surface area contributed by atoms with Gasteiger partial charge in [-0.15, -0.1) is 0 Å². The second-order valence-electron chi connectivity index (χ2n) is 4.73. The van der Waals surface area contributed by atoms with E-state index in [1.165, 1.54) is 25.7 Å². The first kappa shape index (κ1) is 16.4. The van der Waals surface area contributed by atoms with Crippen molar-refractivity contribution in [1.29, 1.82) is 0 Å². The number of aliphatic hydroxyl groups is 1. The molecule has 120 valence electrons. The van der Waals surface area contributed by atoms with E-state index in [1.807, 2.05) is 0 Å². The van der Waals surface area contributed by atoms with Crippen LogP contribution >= 0.6 is 0 Å². The number of piperazine rings is 1. The van der Waals surface area contributed by atoms with Crippen LogP contribution < -0.4 is 0 Å². The molecule has 1 aromatic rings. The van der Waals surface area contributed by atoms with Crippen LogP contribution in [0.2, 0.25) is 0 Å². The molecule has 0 unspecified atom stereocenters. The first-order valence-electron chi connectivity index (χ1n) is 6.34. The van der Waals surface area contributed by atoms with E-state index in [-0.39, 0.29) is 44.2 Å². The summed E-state index contributed by atoms with van der Waals surface area (Å²) in [5.41, 5.74) is 0. The van der Waals surface area contributed by atoms with E-state index in [4.69, 9.17) is 5.11 Å². The van der Waals surface area contributed by atoms with E-state index in [9.17, 15) is 16.8 Å². The van der Waals surface area contributed by atoms with Crippen molar-refractivity contribution >= 4 is 20.0 Å². The number of rotatable bonds is 5. The zero-order valence-corrected chi connectivity index (χ0v) is 13.2. The van der Waals surface area contributed by atoms with Crippen molar-refractivity contribution in [3.63, 3.8) is 0 Å². The summed E-state index contributed by atoms with van der Waals surface area (Å²) >= 11 is 0. The quantitative estimate of drug-likeness (QED) is 0.674. The number of hydrogen-bond donors (Lipinski definition) is 1. The molecule has 0 amide bonds. The van der Waals surface area contributed by atoms with Crippen molar-refractivity contribution in [2.24, 2.45) is 0 Å². The van der Waals surface area contributed by atoms with Gasteiger partial charge in [0.25, 0.3) is 0 Å². The third-order valence-corrected chi connectivity index (χ3v) is 6.40. The fourth-order valence-corrected chi connectivity index (χ4v) is 4.30. The topological polar surface area (TPSA) is 113 Å². The van der Waals surface area contributed by atoms with Crippen molar-refractivity contribution < 1.29 is 21.9 Å². The molecule has 0 aromatic carbocycles. The average molecular weight is 338 g/mol. The molecule has 0 saturated carbocycles. The van der Waals surface area contributed by atoms with Gasteiger partial charge in [0.15, 0.2) is 0 Å². The number of sulfonamides is 2. The van der Waals surface area contributed by atoms with Gasteiger partial charge in [0.1, 0.15) is 4.90 Å². The molecule has 1 saturated heterocycles. The largest absolute Gasteiger partial charge is 0.394 e. The van der Waals surface area contributed by atoms with E-state index in [0.29, 0.717) is 0 Å². The third kappa shape index (κ3) is 3.61. The Morgan fingerprint density at radius 2 is 1.71 bits per heavy atom. The van der Waals surface area contributed by atoms with E-state index >= 15 is 0 Å². The minimum Gasteiger partial charge on any atom is -0.394 e. The molecule has 0 aliphatic carbocycles. The van der Waals surface area contributed by atoms with Gasteiger partial charge in [0.05, 0.1) is 25.6 Å². The molecule has 0 spiro atoms. The number of hydrogen-bond acceptors (Lipinski definition) is 6. The molecule has 2 heterocycles. The van der Waals surface area contributed by atoms with Crippen LogP contribution in [-0.4, -0.2) is 79.4 Å².